The molecule has 0 aromatic carbocycles. The van der Waals surface area contributed by atoms with Crippen LogP contribution in [-0.4, -0.2) is 57.7 Å². The third kappa shape index (κ3) is 4.31. The molecule has 0 aromatic heterocycles. The minimum absolute atomic E-state index is 1.35. The van der Waals surface area contributed by atoms with Gasteiger partial charge in [-0.1, -0.05) is 0 Å². The van der Waals surface area contributed by atoms with Crippen LogP contribution in [0.25, 0.3) is 0 Å². The first-order valence-corrected chi connectivity index (χ1v) is 25.6. The van der Waals surface area contributed by atoms with E-state index in [-0.39, 0.29) is 0 Å². The van der Waals surface area contributed by atoms with E-state index < -0.39 is 25.6 Å². The summed E-state index contributed by atoms with van der Waals surface area (Å²) in [6.07, 6.45) is 0. The van der Waals surface area contributed by atoms with Gasteiger partial charge in [-0.05, 0) is 0 Å². The fourth-order valence-electron chi connectivity index (χ4n) is 4.56. The second-order valence-electron chi connectivity index (χ2n) is 7.81. The van der Waals surface area contributed by atoms with Crippen LogP contribution >= 0.6 is 111 Å². The molecule has 0 aliphatic heterocycles. The molecule has 136 valence electrons. The van der Waals surface area contributed by atoms with Crippen molar-refractivity contribution in [2.75, 3.05) is 53.3 Å². The van der Waals surface area contributed by atoms with Crippen molar-refractivity contribution in [3.8, 4) is 0 Å². The molecule has 0 nitrogen and oxygen atoms in total. The quantitative estimate of drug-likeness (QED) is 0.312. The van der Waals surface area contributed by atoms with Crippen LogP contribution in [0.4, 0.5) is 0 Å². The fraction of sp³-hybridized carbons (Fsp3) is 1.00. The fourth-order valence-corrected chi connectivity index (χ4v) is 98.4. The van der Waals surface area contributed by atoms with Gasteiger partial charge in [0.25, 0.3) is 0 Å². The van der Waals surface area contributed by atoms with Gasteiger partial charge in [0.15, 0.2) is 0 Å². The molecule has 0 spiro atoms. The Morgan fingerprint density at radius 3 is 0.476 bits per heavy atom. The predicted molar refractivity (Wildman–Crippen MR) is 125 cm³/mol. The third-order valence-electron chi connectivity index (χ3n) is 3.31. The second kappa shape index (κ2) is 5.10. The Morgan fingerprint density at radius 2 is 0.476 bits per heavy atom. The van der Waals surface area contributed by atoms with Crippen molar-refractivity contribution in [3.63, 3.8) is 0 Å². The number of hydrogen-bond acceptors (Lipinski definition) is 0. The molecular formula is C9H24Cl8P4. The summed E-state index contributed by atoms with van der Waals surface area (Å²) in [5.41, 5.74) is 0. The van der Waals surface area contributed by atoms with E-state index in [0.717, 1.165) is 0 Å². The summed E-state index contributed by atoms with van der Waals surface area (Å²) in [7, 11) is 0. The summed E-state index contributed by atoms with van der Waals surface area (Å²) in [4.78, 5) is 0. The van der Waals surface area contributed by atoms with E-state index in [1.807, 2.05) is 0 Å². The average molecular weight is 540 g/mol. The summed E-state index contributed by atoms with van der Waals surface area (Å²) >= 11 is 55.4. The molecule has 0 aromatic rings. The molecule has 0 saturated heterocycles. The van der Waals surface area contributed by atoms with Gasteiger partial charge in [-0.15, -0.1) is 0 Å². The van der Waals surface area contributed by atoms with E-state index in [2.05, 4.69) is 0 Å². The molecule has 0 radical (unpaired) electrons. The first-order chi connectivity index (χ1) is 8.05. The van der Waals surface area contributed by atoms with E-state index in [0.29, 0.717) is 0 Å². The maximum atomic E-state index is 6.92. The van der Waals surface area contributed by atoms with Crippen LogP contribution < -0.4 is 0 Å². The third-order valence-corrected chi connectivity index (χ3v) is 46.1. The number of rotatable bonds is 4. The van der Waals surface area contributed by atoms with Crippen molar-refractivity contribution in [1.82, 2.24) is 0 Å². The number of halogens is 8. The van der Waals surface area contributed by atoms with E-state index in [4.69, 9.17) is 89.9 Å². The topological polar surface area (TPSA) is 0 Å². The first kappa shape index (κ1) is 25.0. The molecule has 0 atom stereocenters. The molecule has 0 rings (SSSR count). The van der Waals surface area contributed by atoms with Crippen molar-refractivity contribution >= 4 is 111 Å². The van der Waals surface area contributed by atoms with Crippen LogP contribution in [0.5, 0.6) is 0 Å². The van der Waals surface area contributed by atoms with Crippen molar-refractivity contribution in [3.05, 3.63) is 0 Å². The maximum absolute atomic E-state index is 6.92. The summed E-state index contributed by atoms with van der Waals surface area (Å²) in [5.74, 6) is 0. The molecule has 0 aliphatic carbocycles. The van der Waals surface area contributed by atoms with Crippen molar-refractivity contribution < 1.29 is 0 Å². The Morgan fingerprint density at radius 1 is 0.381 bits per heavy atom. The zero-order chi connectivity index (χ0) is 18.3. The molecule has 0 fully saturated rings. The molecule has 0 aliphatic rings. The van der Waals surface area contributed by atoms with E-state index in [1.54, 1.807) is 53.3 Å². The van der Waals surface area contributed by atoms with Crippen LogP contribution in [0.1, 0.15) is 0 Å². The van der Waals surface area contributed by atoms with Gasteiger partial charge in [-0.3, -0.25) is 0 Å². The van der Waals surface area contributed by atoms with Gasteiger partial charge in [-0.25, -0.2) is 0 Å². The molecular weight excluding hydrogens is 516 g/mol. The Bertz CT molecular complexity index is 350. The molecule has 0 amide bonds. The monoisotopic (exact) mass is 536 g/mol. The van der Waals surface area contributed by atoms with Gasteiger partial charge < -0.3 is 0 Å². The van der Waals surface area contributed by atoms with Crippen molar-refractivity contribution in [2.45, 2.75) is 4.38 Å². The summed E-state index contributed by atoms with van der Waals surface area (Å²) in [5, 5.41) is -14.9. The van der Waals surface area contributed by atoms with Crippen LogP contribution in [-0.2, 0) is 0 Å². The SMILES string of the molecule is CP(C)(Cl)(Cl)C(P(C)(C)(Cl)Cl)(P(C)(C)(Cl)Cl)P(C)(C)(Cl)Cl. The molecule has 12 heteroatoms. The van der Waals surface area contributed by atoms with Gasteiger partial charge in [0.2, 0.25) is 0 Å². The van der Waals surface area contributed by atoms with Crippen LogP contribution in [0.3, 0.4) is 0 Å². The van der Waals surface area contributed by atoms with Gasteiger partial charge in [-0.2, -0.15) is 0 Å². The van der Waals surface area contributed by atoms with E-state index >= 15 is 0 Å². The molecule has 0 bridgehead atoms. The zero-order valence-electron chi connectivity index (χ0n) is 13.3. The molecule has 0 saturated carbocycles. The summed E-state index contributed by atoms with van der Waals surface area (Å²) < 4.78 is -1.35. The van der Waals surface area contributed by atoms with Gasteiger partial charge in [0.05, 0.1) is 0 Å². The van der Waals surface area contributed by atoms with E-state index in [9.17, 15) is 0 Å². The molecule has 0 unspecified atom stereocenters. The molecule has 0 N–H and O–H groups in total. The summed E-state index contributed by atoms with van der Waals surface area (Å²) in [6.45, 7) is 13.6. The van der Waals surface area contributed by atoms with Crippen molar-refractivity contribution in [1.29, 1.82) is 0 Å². The Balaban J connectivity index is 7.69. The minimum atomic E-state index is -3.73. The average Bonchev–Trinajstić information content (AvgIpc) is 1.54. The Kier molecular flexibility index (Phi) is 6.08. The van der Waals surface area contributed by atoms with Gasteiger partial charge >= 0.3 is 169 Å². The van der Waals surface area contributed by atoms with Crippen LogP contribution in [0.15, 0.2) is 0 Å². The zero-order valence-corrected chi connectivity index (χ0v) is 22.9. The van der Waals surface area contributed by atoms with Crippen LogP contribution in [0.2, 0.25) is 0 Å². The first-order valence-electron chi connectivity index (χ1n) is 5.82. The van der Waals surface area contributed by atoms with Gasteiger partial charge in [0, 0.05) is 0 Å². The predicted octanol–water partition coefficient (Wildman–Crippen LogP) is 10.1. The molecule has 21 heavy (non-hydrogen) atoms. The summed E-state index contributed by atoms with van der Waals surface area (Å²) in [6, 6.07) is 0. The number of hydrogen-bond donors (Lipinski definition) is 0. The normalized spacial score (nSPS) is 25.9. The standard InChI is InChI=1S/C9H24Cl8P4/c1-18(2,10,11)9(19(3,4,12)13,20(5,6,14)15)21(7,8,16)17/h1-8H3. The Hall–Kier alpha value is 4.04. The Labute approximate surface area is 167 Å². The van der Waals surface area contributed by atoms with Crippen molar-refractivity contribution in [2.24, 2.45) is 0 Å². The van der Waals surface area contributed by atoms with Gasteiger partial charge in [0.1, 0.15) is 0 Å². The molecule has 0 heterocycles. The van der Waals surface area contributed by atoms with Crippen LogP contribution in [0, 0.1) is 0 Å². The second-order valence-corrected chi connectivity index (χ2v) is 53.5. The van der Waals surface area contributed by atoms with E-state index in [1.165, 1.54) is 0 Å².